The molecule has 0 amide bonds. The second-order valence-electron chi connectivity index (χ2n) is 6.23. The lowest BCUT2D eigenvalue weighted by Gasteiger charge is -2.20. The first-order valence-corrected chi connectivity index (χ1v) is 8.98. The van der Waals surface area contributed by atoms with Gasteiger partial charge in [0.25, 0.3) is 10.0 Å². The predicted molar refractivity (Wildman–Crippen MR) is 84.6 cm³/mol. The summed E-state index contributed by atoms with van der Waals surface area (Å²) < 4.78 is 32.1. The number of sulfonamides is 1. The Bertz CT molecular complexity index is 523. The van der Waals surface area contributed by atoms with Gasteiger partial charge in [-0.05, 0) is 45.7 Å². The van der Waals surface area contributed by atoms with Crippen LogP contribution in [0.1, 0.15) is 53.2 Å². The van der Waals surface area contributed by atoms with E-state index in [1.165, 1.54) is 4.31 Å². The Labute approximate surface area is 128 Å². The SMILES string of the molecule is CCCN(CCC)S(=O)(=O)c1ccc(CNC(C)(C)C)o1. The molecule has 0 unspecified atom stereocenters. The fourth-order valence-electron chi connectivity index (χ4n) is 1.92. The molecule has 0 spiro atoms. The van der Waals surface area contributed by atoms with Crippen LogP contribution in [-0.4, -0.2) is 31.4 Å². The third kappa shape index (κ3) is 5.45. The van der Waals surface area contributed by atoms with E-state index in [0.717, 1.165) is 12.8 Å². The summed E-state index contributed by atoms with van der Waals surface area (Å²) >= 11 is 0. The molecule has 0 saturated carbocycles. The van der Waals surface area contributed by atoms with Crippen molar-refractivity contribution < 1.29 is 12.8 Å². The van der Waals surface area contributed by atoms with Gasteiger partial charge >= 0.3 is 0 Å². The van der Waals surface area contributed by atoms with E-state index in [9.17, 15) is 8.42 Å². The van der Waals surface area contributed by atoms with Crippen molar-refractivity contribution in [2.75, 3.05) is 13.1 Å². The molecule has 0 aliphatic rings. The van der Waals surface area contributed by atoms with E-state index in [1.54, 1.807) is 12.1 Å². The summed E-state index contributed by atoms with van der Waals surface area (Å²) in [6.07, 6.45) is 1.58. The summed E-state index contributed by atoms with van der Waals surface area (Å²) in [5.41, 5.74) is -0.0394. The summed E-state index contributed by atoms with van der Waals surface area (Å²) in [5, 5.41) is 3.32. The lowest BCUT2D eigenvalue weighted by molar-refractivity contribution is 0.344. The van der Waals surface area contributed by atoms with Crippen molar-refractivity contribution in [3.8, 4) is 0 Å². The minimum atomic E-state index is -3.52. The van der Waals surface area contributed by atoms with Crippen LogP contribution in [0.15, 0.2) is 21.6 Å². The second-order valence-corrected chi connectivity index (χ2v) is 8.10. The fourth-order valence-corrected chi connectivity index (χ4v) is 3.48. The molecule has 0 aliphatic carbocycles. The minimum Gasteiger partial charge on any atom is -0.447 e. The average Bonchev–Trinajstić information content (AvgIpc) is 2.85. The molecule has 5 nitrogen and oxygen atoms in total. The molecule has 1 aromatic rings. The molecule has 1 N–H and O–H groups in total. The molecular formula is C15H28N2O3S. The smallest absolute Gasteiger partial charge is 0.276 e. The van der Waals surface area contributed by atoms with Crippen LogP contribution in [0.5, 0.6) is 0 Å². The first kappa shape index (κ1) is 18.2. The molecule has 0 aliphatic heterocycles. The van der Waals surface area contributed by atoms with Crippen LogP contribution in [0.4, 0.5) is 0 Å². The summed E-state index contributed by atoms with van der Waals surface area (Å²) in [6, 6.07) is 3.27. The minimum absolute atomic E-state index is 0.0371. The highest BCUT2D eigenvalue weighted by molar-refractivity contribution is 7.89. The fraction of sp³-hybridized carbons (Fsp3) is 0.733. The molecule has 122 valence electrons. The van der Waals surface area contributed by atoms with Gasteiger partial charge in [-0.1, -0.05) is 13.8 Å². The second kappa shape index (κ2) is 7.42. The monoisotopic (exact) mass is 316 g/mol. The molecule has 0 fully saturated rings. The molecule has 0 aromatic carbocycles. The van der Waals surface area contributed by atoms with E-state index in [4.69, 9.17) is 4.42 Å². The lowest BCUT2D eigenvalue weighted by Crippen LogP contribution is -2.35. The molecule has 0 saturated heterocycles. The molecule has 0 bridgehead atoms. The van der Waals surface area contributed by atoms with Crippen molar-refractivity contribution >= 4 is 10.0 Å². The molecule has 1 aromatic heterocycles. The quantitative estimate of drug-likeness (QED) is 0.801. The molecule has 0 atom stereocenters. The molecule has 6 heteroatoms. The molecule has 21 heavy (non-hydrogen) atoms. The number of hydrogen-bond donors (Lipinski definition) is 1. The van der Waals surface area contributed by atoms with E-state index in [0.29, 0.717) is 25.4 Å². The van der Waals surface area contributed by atoms with Crippen LogP contribution in [0.3, 0.4) is 0 Å². The van der Waals surface area contributed by atoms with Gasteiger partial charge in [-0.15, -0.1) is 0 Å². The molecule has 0 radical (unpaired) electrons. The van der Waals surface area contributed by atoms with Gasteiger partial charge in [0.1, 0.15) is 5.76 Å². The van der Waals surface area contributed by atoms with Crippen molar-refractivity contribution in [1.82, 2.24) is 9.62 Å². The maximum absolute atomic E-state index is 12.5. The number of rotatable bonds is 8. The van der Waals surface area contributed by atoms with Gasteiger partial charge in [-0.2, -0.15) is 4.31 Å². The highest BCUT2D eigenvalue weighted by Crippen LogP contribution is 2.20. The zero-order chi connectivity index (χ0) is 16.1. The van der Waals surface area contributed by atoms with Crippen LogP contribution in [-0.2, 0) is 16.6 Å². The summed E-state index contributed by atoms with van der Waals surface area (Å²) in [5.74, 6) is 0.636. The highest BCUT2D eigenvalue weighted by Gasteiger charge is 2.26. The van der Waals surface area contributed by atoms with Crippen LogP contribution in [0, 0.1) is 0 Å². The van der Waals surface area contributed by atoms with Crippen LogP contribution < -0.4 is 5.32 Å². The number of hydrogen-bond acceptors (Lipinski definition) is 4. The third-order valence-electron chi connectivity index (χ3n) is 2.97. The van der Waals surface area contributed by atoms with Gasteiger partial charge in [-0.25, -0.2) is 8.42 Å². The van der Waals surface area contributed by atoms with Crippen molar-refractivity contribution in [1.29, 1.82) is 0 Å². The van der Waals surface area contributed by atoms with Gasteiger partial charge in [0.2, 0.25) is 5.09 Å². The van der Waals surface area contributed by atoms with Crippen LogP contribution in [0.2, 0.25) is 0 Å². The first-order valence-electron chi connectivity index (χ1n) is 7.54. The van der Waals surface area contributed by atoms with Crippen molar-refractivity contribution in [2.24, 2.45) is 0 Å². The topological polar surface area (TPSA) is 62.6 Å². The Kier molecular flexibility index (Phi) is 6.43. The van der Waals surface area contributed by atoms with Crippen molar-refractivity contribution in [3.05, 3.63) is 17.9 Å². The van der Waals surface area contributed by atoms with Crippen LogP contribution in [0.25, 0.3) is 0 Å². The van der Waals surface area contributed by atoms with Crippen molar-refractivity contribution in [3.63, 3.8) is 0 Å². The summed E-state index contributed by atoms with van der Waals surface area (Å²) in [6.45, 7) is 11.7. The van der Waals surface area contributed by atoms with Gasteiger partial charge in [-0.3, -0.25) is 0 Å². The Morgan fingerprint density at radius 1 is 1.14 bits per heavy atom. The number of nitrogens with zero attached hydrogens (tertiary/aromatic N) is 1. The highest BCUT2D eigenvalue weighted by atomic mass is 32.2. The van der Waals surface area contributed by atoms with E-state index < -0.39 is 10.0 Å². The standard InChI is InChI=1S/C15H28N2O3S/c1-6-10-17(11-7-2)21(18,19)14-9-8-13(20-14)12-16-15(3,4)5/h8-9,16H,6-7,10-12H2,1-5H3. The largest absolute Gasteiger partial charge is 0.447 e. The zero-order valence-electron chi connectivity index (χ0n) is 13.8. The third-order valence-corrected chi connectivity index (χ3v) is 4.74. The maximum Gasteiger partial charge on any atom is 0.276 e. The first-order chi connectivity index (χ1) is 9.70. The van der Waals surface area contributed by atoms with E-state index >= 15 is 0 Å². The van der Waals surface area contributed by atoms with Gasteiger partial charge in [0, 0.05) is 18.6 Å². The van der Waals surface area contributed by atoms with Crippen molar-refractivity contribution in [2.45, 2.75) is 64.6 Å². The van der Waals surface area contributed by atoms with E-state index in [-0.39, 0.29) is 10.6 Å². The summed E-state index contributed by atoms with van der Waals surface area (Å²) in [4.78, 5) is 0. The van der Waals surface area contributed by atoms with Gasteiger partial charge < -0.3 is 9.73 Å². The average molecular weight is 316 g/mol. The lowest BCUT2D eigenvalue weighted by atomic mass is 10.1. The van der Waals surface area contributed by atoms with E-state index in [1.807, 2.05) is 13.8 Å². The number of nitrogens with one attached hydrogen (secondary N) is 1. The number of furan rings is 1. The van der Waals surface area contributed by atoms with Crippen LogP contribution >= 0.6 is 0 Å². The predicted octanol–water partition coefficient (Wildman–Crippen LogP) is 2.98. The van der Waals surface area contributed by atoms with Gasteiger partial charge in [0.05, 0.1) is 6.54 Å². The molecule has 1 heterocycles. The normalized spacial score (nSPS) is 13.0. The Hall–Kier alpha value is -0.850. The summed E-state index contributed by atoms with van der Waals surface area (Å²) in [7, 11) is -3.52. The van der Waals surface area contributed by atoms with Gasteiger partial charge in [0.15, 0.2) is 0 Å². The zero-order valence-corrected chi connectivity index (χ0v) is 14.6. The maximum atomic E-state index is 12.5. The van der Waals surface area contributed by atoms with E-state index in [2.05, 4.69) is 26.1 Å². The Balaban J connectivity index is 2.86. The Morgan fingerprint density at radius 2 is 1.71 bits per heavy atom. The molecule has 1 rings (SSSR count). The Morgan fingerprint density at radius 3 is 2.19 bits per heavy atom. The molecular weight excluding hydrogens is 288 g/mol.